The van der Waals surface area contributed by atoms with Crippen LogP contribution in [0.3, 0.4) is 0 Å². The fourth-order valence-electron chi connectivity index (χ4n) is 2.67. The minimum absolute atomic E-state index is 0.0705. The van der Waals surface area contributed by atoms with Crippen LogP contribution in [-0.2, 0) is 17.8 Å². The molecule has 7 heteroatoms. The van der Waals surface area contributed by atoms with E-state index in [9.17, 15) is 4.79 Å². The summed E-state index contributed by atoms with van der Waals surface area (Å²) in [5.41, 5.74) is 5.99. The van der Waals surface area contributed by atoms with Gasteiger partial charge in [-0.15, -0.1) is 0 Å². The van der Waals surface area contributed by atoms with Crippen LogP contribution in [0.2, 0.25) is 0 Å². The number of aromatic nitrogens is 2. The van der Waals surface area contributed by atoms with Gasteiger partial charge in [0.2, 0.25) is 11.8 Å². The highest BCUT2D eigenvalue weighted by atomic mass is 16.5. The van der Waals surface area contributed by atoms with Crippen LogP contribution in [0.5, 0.6) is 0 Å². The van der Waals surface area contributed by atoms with Crippen LogP contribution in [0, 0.1) is 5.92 Å². The summed E-state index contributed by atoms with van der Waals surface area (Å²) in [7, 11) is 0. The van der Waals surface area contributed by atoms with E-state index in [1.54, 1.807) is 0 Å². The lowest BCUT2D eigenvalue weighted by Crippen LogP contribution is -2.53. The predicted molar refractivity (Wildman–Crippen MR) is 83.0 cm³/mol. The van der Waals surface area contributed by atoms with Crippen molar-refractivity contribution in [3.8, 4) is 0 Å². The molecule has 22 heavy (non-hydrogen) atoms. The maximum Gasteiger partial charge on any atom is 0.239 e. The minimum atomic E-state index is -0.379. The number of nitrogens with two attached hydrogens (primary N) is 1. The first-order valence-corrected chi connectivity index (χ1v) is 8.07. The second kappa shape index (κ2) is 7.69. The molecular formula is C15H27N5O2. The molecule has 7 nitrogen and oxygen atoms in total. The fraction of sp³-hybridized carbons (Fsp3) is 0.800. The van der Waals surface area contributed by atoms with Crippen molar-refractivity contribution in [3.63, 3.8) is 0 Å². The molecule has 1 amide bonds. The van der Waals surface area contributed by atoms with Gasteiger partial charge in [-0.25, -0.2) is 0 Å². The van der Waals surface area contributed by atoms with Crippen molar-refractivity contribution in [1.29, 1.82) is 0 Å². The van der Waals surface area contributed by atoms with E-state index in [1.807, 2.05) is 11.8 Å². The average molecular weight is 309 g/mol. The number of amides is 1. The standard InChI is InChI=1S/C15H27N5O2/c1-4-14-17-13(18-22-14)10-19-5-7-20(8-6-19)15(21)12(16)9-11(2)3/h11-12H,4-10,16H2,1-3H3/t12-/m0/s1. The molecule has 1 aromatic heterocycles. The van der Waals surface area contributed by atoms with Gasteiger partial charge in [-0.3, -0.25) is 9.69 Å². The lowest BCUT2D eigenvalue weighted by Gasteiger charge is -2.35. The van der Waals surface area contributed by atoms with Gasteiger partial charge in [0.15, 0.2) is 5.82 Å². The summed E-state index contributed by atoms with van der Waals surface area (Å²) in [4.78, 5) is 20.7. The van der Waals surface area contributed by atoms with E-state index in [2.05, 4.69) is 28.9 Å². The monoisotopic (exact) mass is 309 g/mol. The largest absolute Gasteiger partial charge is 0.339 e. The molecule has 0 saturated carbocycles. The van der Waals surface area contributed by atoms with E-state index in [0.717, 1.165) is 25.9 Å². The number of nitrogens with zero attached hydrogens (tertiary/aromatic N) is 4. The van der Waals surface area contributed by atoms with Gasteiger partial charge in [0.05, 0.1) is 12.6 Å². The number of carbonyl (C=O) groups excluding carboxylic acids is 1. The second-order valence-electron chi connectivity index (χ2n) is 6.30. The van der Waals surface area contributed by atoms with Crippen LogP contribution >= 0.6 is 0 Å². The Morgan fingerprint density at radius 2 is 2.00 bits per heavy atom. The van der Waals surface area contributed by atoms with Crippen molar-refractivity contribution in [2.75, 3.05) is 26.2 Å². The average Bonchev–Trinajstić information content (AvgIpc) is 2.94. The highest BCUT2D eigenvalue weighted by molar-refractivity contribution is 5.81. The van der Waals surface area contributed by atoms with Crippen LogP contribution in [0.4, 0.5) is 0 Å². The van der Waals surface area contributed by atoms with E-state index in [0.29, 0.717) is 37.3 Å². The van der Waals surface area contributed by atoms with Gasteiger partial charge in [0, 0.05) is 32.6 Å². The third kappa shape index (κ3) is 4.51. The summed E-state index contributed by atoms with van der Waals surface area (Å²) in [5, 5.41) is 3.97. The molecule has 124 valence electrons. The Balaban J connectivity index is 1.78. The van der Waals surface area contributed by atoms with Crippen LogP contribution in [0.1, 0.15) is 38.9 Å². The number of piperazine rings is 1. The van der Waals surface area contributed by atoms with Crippen molar-refractivity contribution in [2.24, 2.45) is 11.7 Å². The fourth-order valence-corrected chi connectivity index (χ4v) is 2.67. The Morgan fingerprint density at radius 1 is 1.32 bits per heavy atom. The smallest absolute Gasteiger partial charge is 0.239 e. The molecule has 2 rings (SSSR count). The van der Waals surface area contributed by atoms with E-state index < -0.39 is 0 Å². The van der Waals surface area contributed by atoms with E-state index in [-0.39, 0.29) is 11.9 Å². The molecule has 0 radical (unpaired) electrons. The summed E-state index contributed by atoms with van der Waals surface area (Å²) in [5.74, 6) is 1.89. The van der Waals surface area contributed by atoms with Crippen molar-refractivity contribution >= 4 is 5.91 Å². The van der Waals surface area contributed by atoms with Gasteiger partial charge < -0.3 is 15.2 Å². The number of carbonyl (C=O) groups is 1. The zero-order valence-electron chi connectivity index (χ0n) is 13.8. The molecule has 1 aliphatic rings. The Hall–Kier alpha value is -1.47. The second-order valence-corrected chi connectivity index (χ2v) is 6.30. The van der Waals surface area contributed by atoms with Gasteiger partial charge in [0.1, 0.15) is 0 Å². The minimum Gasteiger partial charge on any atom is -0.339 e. The molecular weight excluding hydrogens is 282 g/mol. The molecule has 1 atom stereocenters. The van der Waals surface area contributed by atoms with Gasteiger partial charge in [-0.1, -0.05) is 25.9 Å². The number of hydrogen-bond acceptors (Lipinski definition) is 6. The molecule has 1 aromatic rings. The molecule has 0 unspecified atom stereocenters. The Labute approximate surface area is 131 Å². The summed E-state index contributed by atoms with van der Waals surface area (Å²) in [6.45, 7) is 9.88. The van der Waals surface area contributed by atoms with Crippen LogP contribution in [-0.4, -0.2) is 58.1 Å². The third-order valence-corrected chi connectivity index (χ3v) is 3.90. The molecule has 0 aliphatic carbocycles. The Morgan fingerprint density at radius 3 is 2.55 bits per heavy atom. The Bertz CT molecular complexity index is 480. The summed E-state index contributed by atoms with van der Waals surface area (Å²) in [6.07, 6.45) is 1.49. The molecule has 2 heterocycles. The quantitative estimate of drug-likeness (QED) is 0.830. The number of aryl methyl sites for hydroxylation is 1. The van der Waals surface area contributed by atoms with Gasteiger partial charge in [-0.05, 0) is 12.3 Å². The highest BCUT2D eigenvalue weighted by Crippen LogP contribution is 2.10. The van der Waals surface area contributed by atoms with Gasteiger partial charge in [0.25, 0.3) is 0 Å². The molecule has 0 bridgehead atoms. The van der Waals surface area contributed by atoms with E-state index in [1.165, 1.54) is 0 Å². The topological polar surface area (TPSA) is 88.5 Å². The van der Waals surface area contributed by atoms with E-state index >= 15 is 0 Å². The summed E-state index contributed by atoms with van der Waals surface area (Å²) in [6, 6.07) is -0.379. The third-order valence-electron chi connectivity index (χ3n) is 3.90. The van der Waals surface area contributed by atoms with Crippen molar-refractivity contribution in [2.45, 2.75) is 46.2 Å². The van der Waals surface area contributed by atoms with Gasteiger partial charge in [-0.2, -0.15) is 4.98 Å². The van der Waals surface area contributed by atoms with Crippen molar-refractivity contribution < 1.29 is 9.32 Å². The molecule has 1 saturated heterocycles. The van der Waals surface area contributed by atoms with Crippen LogP contribution in [0.25, 0.3) is 0 Å². The molecule has 1 fully saturated rings. The maximum atomic E-state index is 12.3. The zero-order chi connectivity index (χ0) is 16.1. The van der Waals surface area contributed by atoms with Crippen molar-refractivity contribution in [3.05, 3.63) is 11.7 Å². The molecule has 2 N–H and O–H groups in total. The predicted octanol–water partition coefficient (Wildman–Crippen LogP) is 0.650. The zero-order valence-corrected chi connectivity index (χ0v) is 13.8. The highest BCUT2D eigenvalue weighted by Gasteiger charge is 2.26. The van der Waals surface area contributed by atoms with Gasteiger partial charge >= 0.3 is 0 Å². The van der Waals surface area contributed by atoms with Crippen molar-refractivity contribution in [1.82, 2.24) is 19.9 Å². The lowest BCUT2D eigenvalue weighted by molar-refractivity contribution is -0.134. The van der Waals surface area contributed by atoms with Crippen LogP contribution in [0.15, 0.2) is 4.52 Å². The van der Waals surface area contributed by atoms with E-state index in [4.69, 9.17) is 10.3 Å². The molecule has 1 aliphatic heterocycles. The number of hydrogen-bond donors (Lipinski definition) is 1. The first-order chi connectivity index (χ1) is 10.5. The van der Waals surface area contributed by atoms with Crippen LogP contribution < -0.4 is 5.73 Å². The first-order valence-electron chi connectivity index (χ1n) is 8.07. The maximum absolute atomic E-state index is 12.3. The first kappa shape index (κ1) is 16.9. The number of rotatable bonds is 6. The normalized spacial score (nSPS) is 18.0. The molecule has 0 aromatic carbocycles. The lowest BCUT2D eigenvalue weighted by atomic mass is 10.0. The summed E-state index contributed by atoms with van der Waals surface area (Å²) < 4.78 is 5.11. The Kier molecular flexibility index (Phi) is 5.90. The molecule has 0 spiro atoms. The summed E-state index contributed by atoms with van der Waals surface area (Å²) >= 11 is 0. The SMILES string of the molecule is CCc1nc(CN2CCN(C(=O)[C@@H](N)CC(C)C)CC2)no1.